The molecule has 1 saturated heterocycles. The van der Waals surface area contributed by atoms with Gasteiger partial charge in [0.05, 0.1) is 13.2 Å². The third kappa shape index (κ3) is 6.21. The summed E-state index contributed by atoms with van der Waals surface area (Å²) in [5.74, 6) is 1.49. The second-order valence-corrected chi connectivity index (χ2v) is 9.49. The molecule has 1 atom stereocenters. The first-order valence-electron chi connectivity index (χ1n) is 13.2. The highest BCUT2D eigenvalue weighted by Crippen LogP contribution is 2.36. The maximum atomic E-state index is 13.2. The fourth-order valence-corrected chi connectivity index (χ4v) is 5.08. The van der Waals surface area contributed by atoms with Crippen molar-refractivity contribution in [3.05, 3.63) is 95.7 Å². The van der Waals surface area contributed by atoms with Gasteiger partial charge in [-0.1, -0.05) is 55.5 Å². The van der Waals surface area contributed by atoms with E-state index in [9.17, 15) is 4.79 Å². The van der Waals surface area contributed by atoms with Gasteiger partial charge in [-0.05, 0) is 47.4 Å². The van der Waals surface area contributed by atoms with Crippen LogP contribution in [0.3, 0.4) is 0 Å². The van der Waals surface area contributed by atoms with Crippen LogP contribution in [-0.4, -0.2) is 55.2 Å². The average Bonchev–Trinajstić information content (AvgIpc) is 3.37. The molecule has 0 saturated carbocycles. The van der Waals surface area contributed by atoms with Gasteiger partial charge in [-0.2, -0.15) is 0 Å². The molecular weight excluding hydrogens is 462 g/mol. The number of nitrogens with one attached hydrogen (secondary N) is 2. The minimum Gasteiger partial charge on any atom is -0.457 e. The Morgan fingerprint density at radius 3 is 2.62 bits per heavy atom. The van der Waals surface area contributed by atoms with Crippen LogP contribution in [-0.2, 0) is 16.0 Å². The number of morpholine rings is 1. The Balaban J connectivity index is 1.39. The summed E-state index contributed by atoms with van der Waals surface area (Å²) >= 11 is 0. The van der Waals surface area contributed by atoms with Crippen LogP contribution in [0.4, 0.5) is 0 Å². The lowest BCUT2D eigenvalue weighted by Crippen LogP contribution is -2.41. The maximum Gasteiger partial charge on any atom is 0.220 e. The third-order valence-corrected chi connectivity index (χ3v) is 7.07. The Kier molecular flexibility index (Phi) is 8.18. The molecule has 2 heterocycles. The van der Waals surface area contributed by atoms with E-state index in [2.05, 4.69) is 58.7 Å². The van der Waals surface area contributed by atoms with Crippen LogP contribution >= 0.6 is 0 Å². The van der Waals surface area contributed by atoms with E-state index in [1.807, 2.05) is 42.5 Å². The number of H-pyrrole nitrogens is 1. The molecule has 5 rings (SSSR count). The SMILES string of the molecule is CCc1cccc2c(C(CC(=O)NCCN3CCOCC3)c3cccc(Oc4ccccc4)c3)c[nH]c12. The molecule has 6 nitrogen and oxygen atoms in total. The first kappa shape index (κ1) is 25.1. The van der Waals surface area contributed by atoms with E-state index in [0.29, 0.717) is 13.0 Å². The van der Waals surface area contributed by atoms with Gasteiger partial charge in [-0.25, -0.2) is 0 Å². The molecule has 1 aliphatic heterocycles. The molecule has 6 heteroatoms. The fraction of sp³-hybridized carbons (Fsp3) is 0.323. The number of nitrogens with zero attached hydrogens (tertiary/aromatic N) is 1. The van der Waals surface area contributed by atoms with Crippen LogP contribution in [0.2, 0.25) is 0 Å². The molecule has 37 heavy (non-hydrogen) atoms. The van der Waals surface area contributed by atoms with Crippen molar-refractivity contribution in [1.29, 1.82) is 0 Å². The molecule has 1 aliphatic rings. The summed E-state index contributed by atoms with van der Waals surface area (Å²) in [5, 5.41) is 4.32. The van der Waals surface area contributed by atoms with Crippen molar-refractivity contribution >= 4 is 16.8 Å². The Hall–Kier alpha value is -3.61. The largest absolute Gasteiger partial charge is 0.457 e. The Morgan fingerprint density at radius 2 is 1.81 bits per heavy atom. The van der Waals surface area contributed by atoms with Crippen molar-refractivity contribution in [1.82, 2.24) is 15.2 Å². The predicted molar refractivity (Wildman–Crippen MR) is 147 cm³/mol. The summed E-state index contributed by atoms with van der Waals surface area (Å²) in [7, 11) is 0. The lowest BCUT2D eigenvalue weighted by Gasteiger charge is -2.26. The number of ether oxygens (including phenoxy) is 2. The average molecular weight is 498 g/mol. The normalized spacial score (nSPS) is 14.9. The van der Waals surface area contributed by atoms with Crippen LogP contribution in [0.5, 0.6) is 11.5 Å². The number of amides is 1. The zero-order valence-corrected chi connectivity index (χ0v) is 21.4. The van der Waals surface area contributed by atoms with Crippen molar-refractivity contribution in [2.45, 2.75) is 25.7 Å². The number of carbonyl (C=O) groups is 1. The number of para-hydroxylation sites is 2. The van der Waals surface area contributed by atoms with Gasteiger partial charge in [0.1, 0.15) is 11.5 Å². The molecule has 0 spiro atoms. The molecule has 1 fully saturated rings. The molecule has 1 unspecified atom stereocenters. The molecule has 2 N–H and O–H groups in total. The number of benzene rings is 3. The molecule has 4 aromatic rings. The van der Waals surface area contributed by atoms with Crippen molar-refractivity contribution in [3.8, 4) is 11.5 Å². The van der Waals surface area contributed by atoms with E-state index in [0.717, 1.165) is 67.4 Å². The minimum atomic E-state index is -0.108. The number of carbonyl (C=O) groups excluding carboxylic acids is 1. The number of hydrogen-bond donors (Lipinski definition) is 2. The van der Waals surface area contributed by atoms with Gasteiger partial charge < -0.3 is 19.8 Å². The molecule has 0 bridgehead atoms. The van der Waals surface area contributed by atoms with Crippen LogP contribution in [0, 0.1) is 0 Å². The highest BCUT2D eigenvalue weighted by atomic mass is 16.5. The van der Waals surface area contributed by atoms with E-state index in [-0.39, 0.29) is 11.8 Å². The first-order chi connectivity index (χ1) is 18.2. The van der Waals surface area contributed by atoms with E-state index >= 15 is 0 Å². The summed E-state index contributed by atoms with van der Waals surface area (Å²) in [5.41, 5.74) is 4.61. The second-order valence-electron chi connectivity index (χ2n) is 9.49. The van der Waals surface area contributed by atoms with Gasteiger partial charge in [0.25, 0.3) is 0 Å². The summed E-state index contributed by atoms with van der Waals surface area (Å²) in [6.45, 7) is 7.00. The van der Waals surface area contributed by atoms with Crippen LogP contribution in [0.15, 0.2) is 79.0 Å². The first-order valence-corrected chi connectivity index (χ1v) is 13.2. The molecule has 1 amide bonds. The summed E-state index contributed by atoms with van der Waals surface area (Å²) < 4.78 is 11.6. The zero-order valence-electron chi connectivity index (χ0n) is 21.4. The lowest BCUT2D eigenvalue weighted by molar-refractivity contribution is -0.121. The molecule has 192 valence electrons. The highest BCUT2D eigenvalue weighted by Gasteiger charge is 2.23. The van der Waals surface area contributed by atoms with Gasteiger partial charge >= 0.3 is 0 Å². The third-order valence-electron chi connectivity index (χ3n) is 7.07. The topological polar surface area (TPSA) is 66.6 Å². The van der Waals surface area contributed by atoms with Gasteiger partial charge in [0, 0.05) is 55.6 Å². The highest BCUT2D eigenvalue weighted by molar-refractivity contribution is 5.88. The smallest absolute Gasteiger partial charge is 0.220 e. The van der Waals surface area contributed by atoms with Gasteiger partial charge in [-0.15, -0.1) is 0 Å². The standard InChI is InChI=1S/C31H35N3O3/c1-2-23-8-7-13-27-29(22-33-31(23)27)28(21-30(35)32-14-15-34-16-18-36-19-17-34)24-9-6-12-26(20-24)37-25-10-4-3-5-11-25/h3-13,20,22,28,33H,2,14-19,21H2,1H3,(H,32,35). The Labute approximate surface area is 218 Å². The number of aromatic amines is 1. The predicted octanol–water partition coefficient (Wildman–Crippen LogP) is 5.49. The molecule has 0 radical (unpaired) electrons. The minimum absolute atomic E-state index is 0.0497. The van der Waals surface area contributed by atoms with E-state index < -0.39 is 0 Å². The Bertz CT molecular complexity index is 1310. The molecule has 1 aromatic heterocycles. The van der Waals surface area contributed by atoms with Crippen molar-refractivity contribution in [3.63, 3.8) is 0 Å². The summed E-state index contributed by atoms with van der Waals surface area (Å²) in [6.07, 6.45) is 3.38. The van der Waals surface area contributed by atoms with E-state index in [1.54, 1.807) is 0 Å². The summed E-state index contributed by atoms with van der Waals surface area (Å²) in [4.78, 5) is 19.0. The summed E-state index contributed by atoms with van der Waals surface area (Å²) in [6, 6.07) is 24.3. The second kappa shape index (κ2) is 12.1. The van der Waals surface area contributed by atoms with Crippen LogP contribution < -0.4 is 10.1 Å². The molecule has 0 aliphatic carbocycles. The van der Waals surface area contributed by atoms with Crippen molar-refractivity contribution in [2.24, 2.45) is 0 Å². The number of aryl methyl sites for hydroxylation is 1. The number of rotatable bonds is 10. The van der Waals surface area contributed by atoms with Gasteiger partial charge in [0.2, 0.25) is 5.91 Å². The van der Waals surface area contributed by atoms with Gasteiger partial charge in [-0.3, -0.25) is 9.69 Å². The number of fused-ring (bicyclic) bond motifs is 1. The monoisotopic (exact) mass is 497 g/mol. The van der Waals surface area contributed by atoms with Crippen molar-refractivity contribution in [2.75, 3.05) is 39.4 Å². The van der Waals surface area contributed by atoms with Gasteiger partial charge in [0.15, 0.2) is 0 Å². The van der Waals surface area contributed by atoms with Crippen LogP contribution in [0.1, 0.15) is 36.0 Å². The van der Waals surface area contributed by atoms with Crippen LogP contribution in [0.25, 0.3) is 10.9 Å². The fourth-order valence-electron chi connectivity index (χ4n) is 5.08. The molecular formula is C31H35N3O3. The van der Waals surface area contributed by atoms with Crippen molar-refractivity contribution < 1.29 is 14.3 Å². The lowest BCUT2D eigenvalue weighted by atomic mass is 9.87. The number of hydrogen-bond acceptors (Lipinski definition) is 4. The van der Waals surface area contributed by atoms with E-state index in [4.69, 9.17) is 9.47 Å². The Morgan fingerprint density at radius 1 is 1.03 bits per heavy atom. The molecule has 3 aromatic carbocycles. The zero-order chi connectivity index (χ0) is 25.5. The maximum absolute atomic E-state index is 13.2. The van der Waals surface area contributed by atoms with E-state index in [1.165, 1.54) is 10.9 Å². The quantitative estimate of drug-likeness (QED) is 0.304. The number of aromatic nitrogens is 1.